The lowest BCUT2D eigenvalue weighted by molar-refractivity contribution is 0.461. The molecule has 4 nitrogen and oxygen atoms in total. The summed E-state index contributed by atoms with van der Waals surface area (Å²) < 4.78 is 39.9. The molecule has 0 aliphatic heterocycles. The minimum Gasteiger partial charge on any atom is -0.310 e. The van der Waals surface area contributed by atoms with Gasteiger partial charge < -0.3 is 5.32 Å². The highest BCUT2D eigenvalue weighted by Crippen LogP contribution is 2.31. The van der Waals surface area contributed by atoms with Crippen LogP contribution in [0.3, 0.4) is 0 Å². The van der Waals surface area contributed by atoms with Gasteiger partial charge in [-0.05, 0) is 30.5 Å². The Bertz CT molecular complexity index is 583. The van der Waals surface area contributed by atoms with Crippen LogP contribution in [0, 0.1) is 5.82 Å². The van der Waals surface area contributed by atoms with Crippen LogP contribution in [0.2, 0.25) is 0 Å². The molecule has 1 N–H and O–H groups in total. The number of nitrogens with zero attached hydrogens (tertiary/aromatic N) is 1. The van der Waals surface area contributed by atoms with Crippen molar-refractivity contribution >= 4 is 10.0 Å². The van der Waals surface area contributed by atoms with E-state index in [0.717, 1.165) is 18.9 Å². The molecule has 0 saturated heterocycles. The first-order valence-electron chi connectivity index (χ1n) is 6.82. The summed E-state index contributed by atoms with van der Waals surface area (Å²) in [5.74, 6) is -0.527. The van der Waals surface area contributed by atoms with Crippen molar-refractivity contribution in [2.24, 2.45) is 0 Å². The summed E-state index contributed by atoms with van der Waals surface area (Å²) in [6.07, 6.45) is 1.76. The molecule has 0 atom stereocenters. The Morgan fingerprint density at radius 1 is 1.40 bits per heavy atom. The molecule has 1 aromatic rings. The molecule has 0 radical (unpaired) electrons. The Kier molecular flexibility index (Phi) is 4.46. The third-order valence-corrected chi connectivity index (χ3v) is 5.44. The molecule has 0 heterocycles. The average Bonchev–Trinajstić information content (AvgIpc) is 3.20. The molecular formula is C14H21FN2O2S. The zero-order valence-electron chi connectivity index (χ0n) is 12.1. The first-order chi connectivity index (χ1) is 9.32. The summed E-state index contributed by atoms with van der Waals surface area (Å²) in [7, 11) is -2.06. The van der Waals surface area contributed by atoms with Crippen LogP contribution in [-0.2, 0) is 16.6 Å². The van der Waals surface area contributed by atoms with Gasteiger partial charge >= 0.3 is 0 Å². The van der Waals surface area contributed by atoms with Gasteiger partial charge in [0.25, 0.3) is 0 Å². The first kappa shape index (κ1) is 15.4. The number of nitrogens with one attached hydrogen (secondary N) is 1. The zero-order valence-corrected chi connectivity index (χ0v) is 12.9. The second-order valence-corrected chi connectivity index (χ2v) is 7.51. The molecule has 0 unspecified atom stereocenters. The summed E-state index contributed by atoms with van der Waals surface area (Å²) in [5, 5.41) is 3.17. The lowest BCUT2D eigenvalue weighted by Gasteiger charge is -2.19. The van der Waals surface area contributed by atoms with Crippen molar-refractivity contribution in [2.75, 3.05) is 7.05 Å². The van der Waals surface area contributed by atoms with Crippen LogP contribution in [0.5, 0.6) is 0 Å². The summed E-state index contributed by atoms with van der Waals surface area (Å²) in [6.45, 7) is 4.37. The van der Waals surface area contributed by atoms with Gasteiger partial charge in [0.1, 0.15) is 5.82 Å². The van der Waals surface area contributed by atoms with Gasteiger partial charge in [0.05, 0.1) is 4.90 Å². The summed E-state index contributed by atoms with van der Waals surface area (Å²) in [4.78, 5) is 0.0695. The number of hydrogen-bond donors (Lipinski definition) is 1. The quantitative estimate of drug-likeness (QED) is 0.875. The Hall–Kier alpha value is -0.980. The average molecular weight is 300 g/mol. The summed E-state index contributed by atoms with van der Waals surface area (Å²) in [6, 6.07) is 4.25. The Balaban J connectivity index is 2.35. The van der Waals surface area contributed by atoms with E-state index in [9.17, 15) is 12.8 Å². The topological polar surface area (TPSA) is 49.4 Å². The van der Waals surface area contributed by atoms with Crippen LogP contribution in [0.25, 0.3) is 0 Å². The fraction of sp³-hybridized carbons (Fsp3) is 0.571. The van der Waals surface area contributed by atoms with Crippen molar-refractivity contribution in [1.82, 2.24) is 9.62 Å². The number of sulfonamides is 1. The van der Waals surface area contributed by atoms with Gasteiger partial charge in [-0.2, -0.15) is 4.31 Å². The monoisotopic (exact) mass is 300 g/mol. The van der Waals surface area contributed by atoms with Gasteiger partial charge in [0.2, 0.25) is 10.0 Å². The predicted molar refractivity (Wildman–Crippen MR) is 76.3 cm³/mol. The van der Waals surface area contributed by atoms with Gasteiger partial charge in [0, 0.05) is 25.7 Å². The zero-order chi connectivity index (χ0) is 14.9. The molecule has 6 heteroatoms. The SMILES string of the molecule is CC(C)NCc1ccc(F)cc1S(=O)(=O)N(C)C1CC1. The van der Waals surface area contributed by atoms with Gasteiger partial charge in [0.15, 0.2) is 0 Å². The van der Waals surface area contributed by atoms with Crippen molar-refractivity contribution in [3.8, 4) is 0 Å². The molecule has 0 aromatic heterocycles. The molecule has 1 saturated carbocycles. The van der Waals surface area contributed by atoms with E-state index in [1.807, 2.05) is 13.8 Å². The molecular weight excluding hydrogens is 279 g/mol. The predicted octanol–water partition coefficient (Wildman–Crippen LogP) is 2.11. The molecule has 0 spiro atoms. The fourth-order valence-electron chi connectivity index (χ4n) is 2.02. The van der Waals surface area contributed by atoms with Gasteiger partial charge in [-0.1, -0.05) is 19.9 Å². The molecule has 0 amide bonds. The number of halogens is 1. The van der Waals surface area contributed by atoms with E-state index >= 15 is 0 Å². The Morgan fingerprint density at radius 2 is 2.05 bits per heavy atom. The lowest BCUT2D eigenvalue weighted by atomic mass is 10.2. The van der Waals surface area contributed by atoms with Crippen molar-refractivity contribution < 1.29 is 12.8 Å². The highest BCUT2D eigenvalue weighted by atomic mass is 32.2. The Morgan fingerprint density at radius 3 is 2.60 bits per heavy atom. The van der Waals surface area contributed by atoms with E-state index in [1.165, 1.54) is 10.4 Å². The Labute approximate surface area is 120 Å². The first-order valence-corrected chi connectivity index (χ1v) is 8.26. The molecule has 1 aliphatic rings. The smallest absolute Gasteiger partial charge is 0.243 e. The molecule has 1 aliphatic carbocycles. The maximum absolute atomic E-state index is 13.5. The highest BCUT2D eigenvalue weighted by molar-refractivity contribution is 7.89. The number of rotatable bonds is 6. The second-order valence-electron chi connectivity index (χ2n) is 5.54. The molecule has 20 heavy (non-hydrogen) atoms. The maximum Gasteiger partial charge on any atom is 0.243 e. The van der Waals surface area contributed by atoms with Gasteiger partial charge in [-0.15, -0.1) is 0 Å². The highest BCUT2D eigenvalue weighted by Gasteiger charge is 2.36. The normalized spacial score (nSPS) is 16.1. The van der Waals surface area contributed by atoms with Crippen molar-refractivity contribution in [3.63, 3.8) is 0 Å². The summed E-state index contributed by atoms with van der Waals surface area (Å²) in [5.41, 5.74) is 0.604. The van der Waals surface area contributed by atoms with Gasteiger partial charge in [-0.25, -0.2) is 12.8 Å². The van der Waals surface area contributed by atoms with E-state index < -0.39 is 15.8 Å². The molecule has 112 valence electrons. The molecule has 1 aromatic carbocycles. The molecule has 1 fully saturated rings. The van der Waals surface area contributed by atoms with E-state index in [4.69, 9.17) is 0 Å². The van der Waals surface area contributed by atoms with Crippen LogP contribution in [-0.4, -0.2) is 31.9 Å². The van der Waals surface area contributed by atoms with Crippen molar-refractivity contribution in [3.05, 3.63) is 29.6 Å². The molecule has 0 bridgehead atoms. The fourth-order valence-corrected chi connectivity index (χ4v) is 3.66. The van der Waals surface area contributed by atoms with Crippen LogP contribution >= 0.6 is 0 Å². The number of hydrogen-bond acceptors (Lipinski definition) is 3. The van der Waals surface area contributed by atoms with E-state index in [2.05, 4.69) is 5.32 Å². The van der Waals surface area contributed by atoms with Crippen LogP contribution in [0.1, 0.15) is 32.3 Å². The number of benzene rings is 1. The maximum atomic E-state index is 13.5. The summed E-state index contributed by atoms with van der Waals surface area (Å²) >= 11 is 0. The molecule has 2 rings (SSSR count). The van der Waals surface area contributed by atoms with E-state index in [0.29, 0.717) is 12.1 Å². The second kappa shape index (κ2) is 5.79. The van der Waals surface area contributed by atoms with Crippen LogP contribution < -0.4 is 5.32 Å². The van der Waals surface area contributed by atoms with Crippen molar-refractivity contribution in [1.29, 1.82) is 0 Å². The van der Waals surface area contributed by atoms with Crippen molar-refractivity contribution in [2.45, 2.75) is 50.2 Å². The third kappa shape index (κ3) is 3.37. The standard InChI is InChI=1S/C14H21FN2O2S/c1-10(2)16-9-11-4-5-12(15)8-14(11)20(18,19)17(3)13-6-7-13/h4-5,8,10,13,16H,6-7,9H2,1-3H3. The van der Waals surface area contributed by atoms with Crippen LogP contribution in [0.15, 0.2) is 23.1 Å². The van der Waals surface area contributed by atoms with E-state index in [-0.39, 0.29) is 17.0 Å². The third-order valence-electron chi connectivity index (χ3n) is 3.45. The lowest BCUT2D eigenvalue weighted by Crippen LogP contribution is -2.31. The van der Waals surface area contributed by atoms with Gasteiger partial charge in [-0.3, -0.25) is 0 Å². The minimum atomic E-state index is -3.62. The minimum absolute atomic E-state index is 0.0641. The largest absolute Gasteiger partial charge is 0.310 e. The van der Waals surface area contributed by atoms with E-state index in [1.54, 1.807) is 13.1 Å². The van der Waals surface area contributed by atoms with Crippen LogP contribution in [0.4, 0.5) is 4.39 Å².